The van der Waals surface area contributed by atoms with Gasteiger partial charge in [-0.2, -0.15) is 13.2 Å². The van der Waals surface area contributed by atoms with E-state index in [1.165, 1.54) is 0 Å². The molecule has 1 fully saturated rings. The molecule has 6 nitrogen and oxygen atoms in total. The molecule has 0 atom stereocenters. The number of hydrogen-bond acceptors (Lipinski definition) is 3. The smallest absolute Gasteiger partial charge is 0.406 e. The van der Waals surface area contributed by atoms with Crippen molar-refractivity contribution in [3.05, 3.63) is 0 Å². The topological polar surface area (TPSA) is 89.9 Å². The summed E-state index contributed by atoms with van der Waals surface area (Å²) in [5, 5.41) is 19.8. The summed E-state index contributed by atoms with van der Waals surface area (Å²) in [6.45, 7) is -2.55. The summed E-state index contributed by atoms with van der Waals surface area (Å²) < 4.78 is 37.0. The zero-order chi connectivity index (χ0) is 15.4. The second-order valence-corrected chi connectivity index (χ2v) is 4.89. The largest absolute Gasteiger partial charge is 0.481 e. The Balaban J connectivity index is 2.67. The number of halogens is 3. The van der Waals surface area contributed by atoms with Gasteiger partial charge in [0.2, 0.25) is 0 Å². The number of urea groups is 1. The molecule has 0 spiro atoms. The monoisotopic (exact) mass is 298 g/mol. The van der Waals surface area contributed by atoms with Crippen LogP contribution in [0.5, 0.6) is 0 Å². The van der Waals surface area contributed by atoms with Gasteiger partial charge < -0.3 is 20.4 Å². The number of carboxylic acids is 1. The molecular formula is C11H17F3N2O4. The number of aliphatic carboxylic acids is 1. The number of rotatable bonds is 6. The first-order valence-electron chi connectivity index (χ1n) is 6.14. The summed E-state index contributed by atoms with van der Waals surface area (Å²) in [5.74, 6) is -1.12. The molecule has 0 radical (unpaired) electrons. The van der Waals surface area contributed by atoms with Gasteiger partial charge in [-0.25, -0.2) is 4.79 Å². The van der Waals surface area contributed by atoms with Crippen LogP contribution in [0.1, 0.15) is 25.7 Å². The molecular weight excluding hydrogens is 281 g/mol. The molecule has 116 valence electrons. The molecule has 0 aliphatic heterocycles. The van der Waals surface area contributed by atoms with Gasteiger partial charge in [0.05, 0.1) is 18.6 Å². The lowest BCUT2D eigenvalue weighted by molar-refractivity contribution is -0.142. The van der Waals surface area contributed by atoms with E-state index in [0.717, 1.165) is 0 Å². The Morgan fingerprint density at radius 2 is 1.90 bits per heavy atom. The van der Waals surface area contributed by atoms with Gasteiger partial charge in [0.1, 0.15) is 6.54 Å². The van der Waals surface area contributed by atoms with Crippen molar-refractivity contribution in [3.8, 4) is 0 Å². The molecule has 0 aromatic carbocycles. The fourth-order valence-corrected chi connectivity index (χ4v) is 2.13. The summed E-state index contributed by atoms with van der Waals surface area (Å²) in [5.41, 5.74) is -0.970. The summed E-state index contributed by atoms with van der Waals surface area (Å²) in [7, 11) is 0. The zero-order valence-electron chi connectivity index (χ0n) is 10.7. The van der Waals surface area contributed by atoms with Gasteiger partial charge in [-0.15, -0.1) is 0 Å². The normalized spacial score (nSPS) is 17.2. The number of carboxylic acid groups (broad SMARTS) is 1. The average Bonchev–Trinajstić information content (AvgIpc) is 2.22. The molecule has 1 rings (SSSR count). The third-order valence-corrected chi connectivity index (χ3v) is 3.20. The van der Waals surface area contributed by atoms with Crippen molar-refractivity contribution in [2.75, 3.05) is 19.7 Å². The van der Waals surface area contributed by atoms with Crippen LogP contribution in [0.2, 0.25) is 0 Å². The predicted molar refractivity (Wildman–Crippen MR) is 62.1 cm³/mol. The molecule has 1 aliphatic rings. The number of aliphatic hydroxyl groups excluding tert-OH is 1. The molecule has 3 N–H and O–H groups in total. The Labute approximate surface area is 113 Å². The third-order valence-electron chi connectivity index (χ3n) is 3.20. The van der Waals surface area contributed by atoms with Crippen LogP contribution < -0.4 is 5.32 Å². The number of alkyl halides is 3. The maximum Gasteiger partial charge on any atom is 0.406 e. The average molecular weight is 298 g/mol. The standard InChI is InChI=1S/C11H17F3N2O4/c12-11(13,14)7-16(4-5-17)9(20)15-10(2-1-3-10)6-8(18)19/h17H,1-7H2,(H,15,20)(H,18,19). The van der Waals surface area contributed by atoms with Crippen LogP contribution in [-0.2, 0) is 4.79 Å². The highest BCUT2D eigenvalue weighted by Gasteiger charge is 2.42. The quantitative estimate of drug-likeness (QED) is 0.681. The molecule has 9 heteroatoms. The Hall–Kier alpha value is -1.51. The first-order chi connectivity index (χ1) is 9.17. The van der Waals surface area contributed by atoms with Gasteiger partial charge in [-0.1, -0.05) is 0 Å². The highest BCUT2D eigenvalue weighted by Crippen LogP contribution is 2.35. The summed E-state index contributed by atoms with van der Waals surface area (Å²) in [4.78, 5) is 23.0. The SMILES string of the molecule is O=C(O)CC1(NC(=O)N(CCO)CC(F)(F)F)CCC1. The fourth-order valence-electron chi connectivity index (χ4n) is 2.13. The van der Waals surface area contributed by atoms with Crippen LogP contribution in [0, 0.1) is 0 Å². The molecule has 0 aromatic rings. The molecule has 1 saturated carbocycles. The first-order valence-corrected chi connectivity index (χ1v) is 6.14. The molecule has 0 heterocycles. The van der Waals surface area contributed by atoms with Gasteiger partial charge in [0.25, 0.3) is 0 Å². The molecule has 0 saturated heterocycles. The maximum absolute atomic E-state index is 12.3. The van der Waals surface area contributed by atoms with E-state index in [0.29, 0.717) is 24.2 Å². The number of nitrogens with zero attached hydrogens (tertiary/aromatic N) is 1. The fraction of sp³-hybridized carbons (Fsp3) is 0.818. The number of carbonyl (C=O) groups excluding carboxylic acids is 1. The van der Waals surface area contributed by atoms with Crippen LogP contribution in [-0.4, -0.2) is 58.5 Å². The van der Waals surface area contributed by atoms with Crippen molar-refractivity contribution in [2.45, 2.75) is 37.4 Å². The molecule has 1 aliphatic carbocycles. The third kappa shape index (κ3) is 4.87. The van der Waals surface area contributed by atoms with Gasteiger partial charge in [0, 0.05) is 6.54 Å². The highest BCUT2D eigenvalue weighted by molar-refractivity contribution is 5.77. The molecule has 0 unspecified atom stereocenters. The Morgan fingerprint density at radius 1 is 1.30 bits per heavy atom. The van der Waals surface area contributed by atoms with E-state index < -0.39 is 43.4 Å². The van der Waals surface area contributed by atoms with Crippen LogP contribution in [0.15, 0.2) is 0 Å². The number of aliphatic hydroxyl groups is 1. The van der Waals surface area contributed by atoms with E-state index >= 15 is 0 Å². The van der Waals surface area contributed by atoms with Gasteiger partial charge >= 0.3 is 18.2 Å². The summed E-state index contributed by atoms with van der Waals surface area (Å²) in [6, 6.07) is -1.00. The van der Waals surface area contributed by atoms with E-state index in [-0.39, 0.29) is 6.42 Å². The van der Waals surface area contributed by atoms with Crippen LogP contribution in [0.4, 0.5) is 18.0 Å². The van der Waals surface area contributed by atoms with E-state index in [4.69, 9.17) is 10.2 Å². The molecule has 20 heavy (non-hydrogen) atoms. The highest BCUT2D eigenvalue weighted by atomic mass is 19.4. The van der Waals surface area contributed by atoms with E-state index in [1.807, 2.05) is 0 Å². The summed E-state index contributed by atoms with van der Waals surface area (Å²) in [6.07, 6.45) is -3.34. The van der Waals surface area contributed by atoms with Crippen molar-refractivity contribution in [1.82, 2.24) is 10.2 Å². The van der Waals surface area contributed by atoms with E-state index in [2.05, 4.69) is 5.32 Å². The van der Waals surface area contributed by atoms with Crippen molar-refractivity contribution in [3.63, 3.8) is 0 Å². The van der Waals surface area contributed by atoms with Gasteiger partial charge in [0.15, 0.2) is 0 Å². The molecule has 2 amide bonds. The van der Waals surface area contributed by atoms with Crippen molar-refractivity contribution >= 4 is 12.0 Å². The minimum Gasteiger partial charge on any atom is -0.481 e. The first kappa shape index (κ1) is 16.5. The number of carbonyl (C=O) groups is 2. The molecule has 0 aromatic heterocycles. The Bertz CT molecular complexity index is 369. The van der Waals surface area contributed by atoms with Crippen LogP contribution >= 0.6 is 0 Å². The lowest BCUT2D eigenvalue weighted by Gasteiger charge is -2.42. The van der Waals surface area contributed by atoms with Crippen molar-refractivity contribution < 1.29 is 33.0 Å². The van der Waals surface area contributed by atoms with Crippen molar-refractivity contribution in [2.24, 2.45) is 0 Å². The Morgan fingerprint density at radius 3 is 2.25 bits per heavy atom. The number of amides is 2. The minimum atomic E-state index is -4.58. The van der Waals surface area contributed by atoms with Gasteiger partial charge in [-0.3, -0.25) is 4.79 Å². The van der Waals surface area contributed by atoms with E-state index in [1.54, 1.807) is 0 Å². The number of nitrogens with one attached hydrogen (secondary N) is 1. The predicted octanol–water partition coefficient (Wildman–Crippen LogP) is 0.950. The minimum absolute atomic E-state index is 0.322. The lowest BCUT2D eigenvalue weighted by Crippen LogP contribution is -2.59. The second-order valence-electron chi connectivity index (χ2n) is 4.89. The maximum atomic E-state index is 12.3. The van der Waals surface area contributed by atoms with Crippen molar-refractivity contribution in [1.29, 1.82) is 0 Å². The van der Waals surface area contributed by atoms with Crippen LogP contribution in [0.3, 0.4) is 0 Å². The summed E-state index contributed by atoms with van der Waals surface area (Å²) >= 11 is 0. The second kappa shape index (κ2) is 6.29. The molecule has 0 bridgehead atoms. The lowest BCUT2D eigenvalue weighted by atomic mass is 9.74. The number of hydrogen-bond donors (Lipinski definition) is 3. The zero-order valence-corrected chi connectivity index (χ0v) is 10.7. The van der Waals surface area contributed by atoms with Gasteiger partial charge in [-0.05, 0) is 19.3 Å². The van der Waals surface area contributed by atoms with Crippen LogP contribution in [0.25, 0.3) is 0 Å². The van der Waals surface area contributed by atoms with E-state index in [9.17, 15) is 22.8 Å². The Kier molecular flexibility index (Phi) is 5.21.